The molecule has 7 nitrogen and oxygen atoms in total. The van der Waals surface area contributed by atoms with Crippen LogP contribution in [0.1, 0.15) is 30.8 Å². The van der Waals surface area contributed by atoms with E-state index in [1.807, 2.05) is 19.1 Å². The number of rotatable bonds is 8. The second-order valence-corrected chi connectivity index (χ2v) is 5.72. The molecule has 0 radical (unpaired) electrons. The lowest BCUT2D eigenvalue weighted by atomic mass is 10.1. The summed E-state index contributed by atoms with van der Waals surface area (Å²) in [5.74, 6) is 2.71. The van der Waals surface area contributed by atoms with Crippen molar-refractivity contribution in [2.45, 2.75) is 40.3 Å². The Morgan fingerprint density at radius 2 is 2.12 bits per heavy atom. The molecule has 0 unspecified atom stereocenters. The van der Waals surface area contributed by atoms with Crippen LogP contribution in [0.2, 0.25) is 0 Å². The van der Waals surface area contributed by atoms with Crippen molar-refractivity contribution in [3.8, 4) is 5.75 Å². The number of hydrogen-bond acceptors (Lipinski definition) is 4. The fourth-order valence-corrected chi connectivity index (χ4v) is 2.59. The monoisotopic (exact) mass is 344 g/mol. The first-order valence-corrected chi connectivity index (χ1v) is 8.70. The third-order valence-electron chi connectivity index (χ3n) is 3.88. The summed E-state index contributed by atoms with van der Waals surface area (Å²) in [6.45, 7) is 9.19. The van der Waals surface area contributed by atoms with E-state index in [0.29, 0.717) is 6.54 Å². The highest BCUT2D eigenvalue weighted by Gasteiger charge is 2.03. The standard InChI is InChI=1S/C18H28N6O/c1-5-17-23-22-13-24(17)10-9-20-18(19-6-2)21-12-15-7-8-16(25-4)14(3)11-15/h7-8,11,13H,5-6,9-10,12H2,1-4H3,(H2,19,20,21). The van der Waals surface area contributed by atoms with Crippen molar-refractivity contribution in [2.75, 3.05) is 20.2 Å². The summed E-state index contributed by atoms with van der Waals surface area (Å²) < 4.78 is 7.36. The van der Waals surface area contributed by atoms with Crippen molar-refractivity contribution in [2.24, 2.45) is 4.99 Å². The fraction of sp³-hybridized carbons (Fsp3) is 0.500. The SMILES string of the molecule is CCNC(=NCc1ccc(OC)c(C)c1)NCCn1cnnc1CC. The Hall–Kier alpha value is -2.57. The predicted molar refractivity (Wildman–Crippen MR) is 99.9 cm³/mol. The quantitative estimate of drug-likeness (QED) is 0.565. The molecule has 1 aromatic heterocycles. The topological polar surface area (TPSA) is 76.4 Å². The van der Waals surface area contributed by atoms with E-state index in [4.69, 9.17) is 4.74 Å². The highest BCUT2D eigenvalue weighted by Crippen LogP contribution is 2.18. The van der Waals surface area contributed by atoms with Crippen LogP contribution in [0, 0.1) is 6.92 Å². The second kappa shape index (κ2) is 9.66. The van der Waals surface area contributed by atoms with Gasteiger partial charge in [0, 0.05) is 26.1 Å². The van der Waals surface area contributed by atoms with Crippen LogP contribution in [0.15, 0.2) is 29.5 Å². The van der Waals surface area contributed by atoms with Gasteiger partial charge in [-0.3, -0.25) is 0 Å². The number of aromatic nitrogens is 3. The average molecular weight is 344 g/mol. The van der Waals surface area contributed by atoms with Gasteiger partial charge in [0.25, 0.3) is 0 Å². The molecule has 1 aromatic carbocycles. The molecule has 0 bridgehead atoms. The summed E-state index contributed by atoms with van der Waals surface area (Å²) in [5.41, 5.74) is 2.27. The third kappa shape index (κ3) is 5.48. The summed E-state index contributed by atoms with van der Waals surface area (Å²) in [6, 6.07) is 6.14. The largest absolute Gasteiger partial charge is 0.496 e. The molecule has 25 heavy (non-hydrogen) atoms. The highest BCUT2D eigenvalue weighted by atomic mass is 16.5. The predicted octanol–water partition coefficient (Wildman–Crippen LogP) is 1.91. The molecule has 0 spiro atoms. The van der Waals surface area contributed by atoms with Crippen molar-refractivity contribution in [3.05, 3.63) is 41.5 Å². The minimum absolute atomic E-state index is 0.618. The molecule has 7 heteroatoms. The van der Waals surface area contributed by atoms with E-state index in [2.05, 4.69) is 50.3 Å². The van der Waals surface area contributed by atoms with Crippen LogP contribution in [-0.2, 0) is 19.5 Å². The van der Waals surface area contributed by atoms with Crippen molar-refractivity contribution in [3.63, 3.8) is 0 Å². The molecule has 0 amide bonds. The molecule has 1 heterocycles. The first kappa shape index (κ1) is 18.8. The minimum atomic E-state index is 0.618. The van der Waals surface area contributed by atoms with E-state index in [9.17, 15) is 0 Å². The molecule has 2 N–H and O–H groups in total. The van der Waals surface area contributed by atoms with Crippen LogP contribution in [0.3, 0.4) is 0 Å². The Kier molecular flexibility index (Phi) is 7.25. The maximum absolute atomic E-state index is 5.30. The van der Waals surface area contributed by atoms with Gasteiger partial charge < -0.3 is 19.9 Å². The van der Waals surface area contributed by atoms with Crippen molar-refractivity contribution in [1.82, 2.24) is 25.4 Å². The number of aliphatic imine (C=N–C) groups is 1. The van der Waals surface area contributed by atoms with E-state index < -0.39 is 0 Å². The zero-order valence-electron chi connectivity index (χ0n) is 15.5. The summed E-state index contributed by atoms with van der Waals surface area (Å²) in [6.07, 6.45) is 2.65. The lowest BCUT2D eigenvalue weighted by Gasteiger charge is -2.12. The number of nitrogens with zero attached hydrogens (tertiary/aromatic N) is 4. The summed E-state index contributed by atoms with van der Waals surface area (Å²) in [4.78, 5) is 4.65. The van der Waals surface area contributed by atoms with E-state index in [0.717, 1.165) is 54.7 Å². The number of guanidine groups is 1. The van der Waals surface area contributed by atoms with Crippen LogP contribution >= 0.6 is 0 Å². The van der Waals surface area contributed by atoms with E-state index in [1.54, 1.807) is 13.4 Å². The van der Waals surface area contributed by atoms with Crippen LogP contribution < -0.4 is 15.4 Å². The van der Waals surface area contributed by atoms with Gasteiger partial charge in [0.05, 0.1) is 13.7 Å². The molecule has 0 atom stereocenters. The molecular formula is C18H28N6O. The van der Waals surface area contributed by atoms with Crippen molar-refractivity contribution in [1.29, 1.82) is 0 Å². The van der Waals surface area contributed by atoms with Gasteiger partial charge in [0.15, 0.2) is 5.96 Å². The number of methoxy groups -OCH3 is 1. The van der Waals surface area contributed by atoms with Gasteiger partial charge in [0.1, 0.15) is 17.9 Å². The number of nitrogens with one attached hydrogen (secondary N) is 2. The molecule has 0 aliphatic rings. The average Bonchev–Trinajstić information content (AvgIpc) is 3.07. The molecule has 0 aliphatic heterocycles. The number of ether oxygens (including phenoxy) is 1. The first-order valence-electron chi connectivity index (χ1n) is 8.70. The van der Waals surface area contributed by atoms with Crippen LogP contribution in [-0.4, -0.2) is 40.9 Å². The number of benzene rings is 1. The van der Waals surface area contributed by atoms with Crippen molar-refractivity contribution >= 4 is 5.96 Å². The lowest BCUT2D eigenvalue weighted by molar-refractivity contribution is 0.411. The number of hydrogen-bond donors (Lipinski definition) is 2. The van der Waals surface area contributed by atoms with Gasteiger partial charge in [-0.2, -0.15) is 0 Å². The zero-order chi connectivity index (χ0) is 18.1. The van der Waals surface area contributed by atoms with Crippen LogP contribution in [0.25, 0.3) is 0 Å². The fourth-order valence-electron chi connectivity index (χ4n) is 2.59. The molecule has 0 fully saturated rings. The Morgan fingerprint density at radius 1 is 1.28 bits per heavy atom. The van der Waals surface area contributed by atoms with Crippen LogP contribution in [0.5, 0.6) is 5.75 Å². The van der Waals surface area contributed by atoms with Gasteiger partial charge in [-0.05, 0) is 31.0 Å². The molecule has 0 saturated carbocycles. The molecule has 2 rings (SSSR count). The number of aryl methyl sites for hydroxylation is 2. The van der Waals surface area contributed by atoms with Gasteiger partial charge in [-0.25, -0.2) is 4.99 Å². The molecule has 0 aliphatic carbocycles. The molecular weight excluding hydrogens is 316 g/mol. The van der Waals surface area contributed by atoms with Gasteiger partial charge >= 0.3 is 0 Å². The maximum Gasteiger partial charge on any atom is 0.191 e. The second-order valence-electron chi connectivity index (χ2n) is 5.72. The summed E-state index contributed by atoms with van der Waals surface area (Å²) >= 11 is 0. The van der Waals surface area contributed by atoms with Gasteiger partial charge in [0.2, 0.25) is 0 Å². The minimum Gasteiger partial charge on any atom is -0.496 e. The van der Waals surface area contributed by atoms with Gasteiger partial charge in [-0.1, -0.05) is 19.1 Å². The van der Waals surface area contributed by atoms with Crippen molar-refractivity contribution < 1.29 is 4.74 Å². The normalized spacial score (nSPS) is 11.4. The molecule has 2 aromatic rings. The molecule has 136 valence electrons. The zero-order valence-corrected chi connectivity index (χ0v) is 15.5. The third-order valence-corrected chi connectivity index (χ3v) is 3.88. The summed E-state index contributed by atoms with van der Waals surface area (Å²) in [7, 11) is 1.69. The van der Waals surface area contributed by atoms with E-state index in [-0.39, 0.29) is 0 Å². The Labute approximate surface area is 149 Å². The van der Waals surface area contributed by atoms with Crippen LogP contribution in [0.4, 0.5) is 0 Å². The highest BCUT2D eigenvalue weighted by molar-refractivity contribution is 5.79. The van der Waals surface area contributed by atoms with Gasteiger partial charge in [-0.15, -0.1) is 10.2 Å². The lowest BCUT2D eigenvalue weighted by Crippen LogP contribution is -2.38. The Bertz CT molecular complexity index is 695. The molecule has 0 saturated heterocycles. The first-order chi connectivity index (χ1) is 12.2. The summed E-state index contributed by atoms with van der Waals surface area (Å²) in [5, 5.41) is 14.7. The smallest absolute Gasteiger partial charge is 0.191 e. The van der Waals surface area contributed by atoms with E-state index in [1.165, 1.54) is 0 Å². The Morgan fingerprint density at radius 3 is 2.80 bits per heavy atom. The van der Waals surface area contributed by atoms with E-state index >= 15 is 0 Å². The Balaban J connectivity index is 1.92. The maximum atomic E-state index is 5.30.